The summed E-state index contributed by atoms with van der Waals surface area (Å²) in [6, 6.07) is 0. The van der Waals surface area contributed by atoms with E-state index in [0.29, 0.717) is 0 Å². The Morgan fingerprint density at radius 1 is 1.62 bits per heavy atom. The third-order valence-electron chi connectivity index (χ3n) is 3.36. The fourth-order valence-electron chi connectivity index (χ4n) is 2.18. The van der Waals surface area contributed by atoms with Gasteiger partial charge in [-0.3, -0.25) is 4.90 Å². The van der Waals surface area contributed by atoms with E-state index in [2.05, 4.69) is 36.0 Å². The molecule has 2 rings (SSSR count). The zero-order chi connectivity index (χ0) is 11.6. The number of hydrogen-bond donors (Lipinski definition) is 1. The molecule has 90 valence electrons. The number of nitrogens with zero attached hydrogens (tertiary/aromatic N) is 2. The number of nitrogens with one attached hydrogen (secondary N) is 1. The monoisotopic (exact) mass is 239 g/mol. The van der Waals surface area contributed by atoms with Crippen molar-refractivity contribution in [3.63, 3.8) is 0 Å². The van der Waals surface area contributed by atoms with Crippen molar-refractivity contribution in [2.24, 2.45) is 0 Å². The molecule has 1 aliphatic rings. The Morgan fingerprint density at radius 2 is 2.44 bits per heavy atom. The van der Waals surface area contributed by atoms with Gasteiger partial charge < -0.3 is 5.32 Å². The first-order valence-corrected chi connectivity index (χ1v) is 6.82. The van der Waals surface area contributed by atoms with Crippen LogP contribution < -0.4 is 5.32 Å². The molecule has 1 fully saturated rings. The van der Waals surface area contributed by atoms with Crippen LogP contribution in [0.5, 0.6) is 0 Å². The summed E-state index contributed by atoms with van der Waals surface area (Å²) in [6.45, 7) is 11.0. The van der Waals surface area contributed by atoms with E-state index in [1.54, 1.807) is 0 Å². The fraction of sp³-hybridized carbons (Fsp3) is 0.750. The molecule has 1 aromatic rings. The van der Waals surface area contributed by atoms with E-state index >= 15 is 0 Å². The van der Waals surface area contributed by atoms with Crippen LogP contribution in [0.15, 0.2) is 6.20 Å². The van der Waals surface area contributed by atoms with Crippen molar-refractivity contribution in [2.45, 2.75) is 39.3 Å². The summed E-state index contributed by atoms with van der Waals surface area (Å²) in [6.07, 6.45) is 3.15. The average molecular weight is 239 g/mol. The SMILES string of the molecule is CCC1(C)CN(Cc2ncc(C)s2)CCN1. The molecular weight excluding hydrogens is 218 g/mol. The lowest BCUT2D eigenvalue weighted by atomic mass is 9.96. The summed E-state index contributed by atoms with van der Waals surface area (Å²) in [5, 5.41) is 4.86. The van der Waals surface area contributed by atoms with Crippen molar-refractivity contribution in [2.75, 3.05) is 19.6 Å². The maximum absolute atomic E-state index is 4.44. The highest BCUT2D eigenvalue weighted by Gasteiger charge is 2.28. The van der Waals surface area contributed by atoms with E-state index in [0.717, 1.165) is 26.2 Å². The highest BCUT2D eigenvalue weighted by Crippen LogP contribution is 2.19. The number of rotatable bonds is 3. The molecule has 0 aliphatic carbocycles. The second-order valence-corrected chi connectivity index (χ2v) is 6.24. The Bertz CT molecular complexity index is 350. The molecule has 0 spiro atoms. The molecule has 2 heterocycles. The number of piperazine rings is 1. The Kier molecular flexibility index (Phi) is 3.62. The van der Waals surface area contributed by atoms with Crippen LogP contribution in [0.3, 0.4) is 0 Å². The van der Waals surface area contributed by atoms with E-state index in [1.807, 2.05) is 17.5 Å². The molecule has 0 saturated carbocycles. The minimum absolute atomic E-state index is 0.282. The molecular formula is C12H21N3S. The first kappa shape index (κ1) is 12.0. The van der Waals surface area contributed by atoms with Crippen molar-refractivity contribution in [3.05, 3.63) is 16.1 Å². The molecule has 0 radical (unpaired) electrons. The van der Waals surface area contributed by atoms with Crippen molar-refractivity contribution in [1.82, 2.24) is 15.2 Å². The van der Waals surface area contributed by atoms with Gasteiger partial charge in [-0.1, -0.05) is 6.92 Å². The largest absolute Gasteiger partial charge is 0.309 e. The van der Waals surface area contributed by atoms with E-state index in [4.69, 9.17) is 0 Å². The molecule has 1 atom stereocenters. The molecule has 1 N–H and O–H groups in total. The van der Waals surface area contributed by atoms with Gasteiger partial charge >= 0.3 is 0 Å². The minimum Gasteiger partial charge on any atom is -0.309 e. The van der Waals surface area contributed by atoms with Gasteiger partial charge in [-0.15, -0.1) is 11.3 Å². The van der Waals surface area contributed by atoms with E-state index in [-0.39, 0.29) is 5.54 Å². The Labute approximate surface area is 102 Å². The topological polar surface area (TPSA) is 28.2 Å². The summed E-state index contributed by atoms with van der Waals surface area (Å²) in [4.78, 5) is 8.26. The molecule has 1 saturated heterocycles. The van der Waals surface area contributed by atoms with E-state index in [1.165, 1.54) is 16.3 Å². The van der Waals surface area contributed by atoms with Gasteiger partial charge in [0.25, 0.3) is 0 Å². The van der Waals surface area contributed by atoms with Gasteiger partial charge in [0.15, 0.2) is 0 Å². The Hall–Kier alpha value is -0.450. The van der Waals surface area contributed by atoms with Crippen LogP contribution in [0.1, 0.15) is 30.2 Å². The zero-order valence-electron chi connectivity index (χ0n) is 10.4. The molecule has 16 heavy (non-hydrogen) atoms. The van der Waals surface area contributed by atoms with Crippen molar-refractivity contribution in [1.29, 1.82) is 0 Å². The first-order valence-electron chi connectivity index (χ1n) is 6.00. The van der Waals surface area contributed by atoms with Crippen molar-refractivity contribution >= 4 is 11.3 Å². The van der Waals surface area contributed by atoms with Gasteiger partial charge in [0, 0.05) is 36.2 Å². The molecule has 1 aliphatic heterocycles. The summed E-state index contributed by atoms with van der Waals surface area (Å²) >= 11 is 1.82. The molecule has 0 aromatic carbocycles. The van der Waals surface area contributed by atoms with Gasteiger partial charge in [-0.05, 0) is 20.3 Å². The molecule has 3 nitrogen and oxygen atoms in total. The molecule has 1 unspecified atom stereocenters. The molecule has 1 aromatic heterocycles. The van der Waals surface area contributed by atoms with Gasteiger partial charge in [0.2, 0.25) is 0 Å². The van der Waals surface area contributed by atoms with Crippen LogP contribution in [0.25, 0.3) is 0 Å². The van der Waals surface area contributed by atoms with Crippen LogP contribution >= 0.6 is 11.3 Å². The third-order valence-corrected chi connectivity index (χ3v) is 4.26. The molecule has 0 amide bonds. The minimum atomic E-state index is 0.282. The standard InChI is InChI=1S/C12H21N3S/c1-4-12(3)9-15(6-5-14-12)8-11-13-7-10(2)16-11/h7,14H,4-6,8-9H2,1-3H3. The number of thiazole rings is 1. The normalized spacial score (nSPS) is 27.2. The molecule has 0 bridgehead atoms. The second-order valence-electron chi connectivity index (χ2n) is 4.92. The highest BCUT2D eigenvalue weighted by atomic mass is 32.1. The van der Waals surface area contributed by atoms with Crippen molar-refractivity contribution < 1.29 is 0 Å². The van der Waals surface area contributed by atoms with E-state index < -0.39 is 0 Å². The maximum atomic E-state index is 4.44. The Balaban J connectivity index is 1.95. The zero-order valence-corrected chi connectivity index (χ0v) is 11.2. The Morgan fingerprint density at radius 3 is 3.06 bits per heavy atom. The van der Waals surface area contributed by atoms with Crippen LogP contribution in [-0.4, -0.2) is 35.1 Å². The summed E-state index contributed by atoms with van der Waals surface area (Å²) in [7, 11) is 0. The summed E-state index contributed by atoms with van der Waals surface area (Å²) in [5.41, 5.74) is 0.282. The second kappa shape index (κ2) is 4.82. The van der Waals surface area contributed by atoms with Crippen LogP contribution in [0.4, 0.5) is 0 Å². The van der Waals surface area contributed by atoms with Gasteiger partial charge in [-0.2, -0.15) is 0 Å². The van der Waals surface area contributed by atoms with Crippen LogP contribution in [0.2, 0.25) is 0 Å². The number of aryl methyl sites for hydroxylation is 1. The van der Waals surface area contributed by atoms with Gasteiger partial charge in [0.1, 0.15) is 5.01 Å². The number of aromatic nitrogens is 1. The third kappa shape index (κ3) is 2.81. The predicted molar refractivity (Wildman–Crippen MR) is 68.8 cm³/mol. The fourth-order valence-corrected chi connectivity index (χ4v) is 3.01. The summed E-state index contributed by atoms with van der Waals surface area (Å²) in [5.74, 6) is 0. The van der Waals surface area contributed by atoms with Crippen LogP contribution in [-0.2, 0) is 6.54 Å². The van der Waals surface area contributed by atoms with E-state index in [9.17, 15) is 0 Å². The first-order chi connectivity index (χ1) is 7.61. The van der Waals surface area contributed by atoms with Gasteiger partial charge in [0.05, 0.1) is 6.54 Å². The lowest BCUT2D eigenvalue weighted by Crippen LogP contribution is -2.58. The smallest absolute Gasteiger partial charge is 0.107 e. The predicted octanol–water partition coefficient (Wildman–Crippen LogP) is 2.03. The lowest BCUT2D eigenvalue weighted by molar-refractivity contribution is 0.133. The quantitative estimate of drug-likeness (QED) is 0.875. The average Bonchev–Trinajstić information content (AvgIpc) is 2.64. The molecule has 4 heteroatoms. The van der Waals surface area contributed by atoms with Crippen molar-refractivity contribution in [3.8, 4) is 0 Å². The highest BCUT2D eigenvalue weighted by molar-refractivity contribution is 7.11. The van der Waals surface area contributed by atoms with Gasteiger partial charge in [-0.25, -0.2) is 4.98 Å². The lowest BCUT2D eigenvalue weighted by Gasteiger charge is -2.40. The van der Waals surface area contributed by atoms with Crippen LogP contribution in [0, 0.1) is 6.92 Å². The maximum Gasteiger partial charge on any atom is 0.107 e. The summed E-state index contributed by atoms with van der Waals surface area (Å²) < 4.78 is 0. The number of hydrogen-bond acceptors (Lipinski definition) is 4.